The topological polar surface area (TPSA) is 9.23 Å². The zero-order valence-electron chi connectivity index (χ0n) is 8.22. The molecule has 0 unspecified atom stereocenters. The van der Waals surface area contributed by atoms with Crippen LogP contribution in [0.15, 0.2) is 18.2 Å². The first-order valence-corrected chi connectivity index (χ1v) is 4.34. The second-order valence-corrected chi connectivity index (χ2v) is 3.36. The maximum absolute atomic E-state index is 5.63. The minimum Gasteiger partial charge on any atom is -0.491 e. The van der Waals surface area contributed by atoms with Crippen LogP contribution in [0.3, 0.4) is 0 Å². The van der Waals surface area contributed by atoms with Crippen LogP contribution < -0.4 is 4.74 Å². The number of rotatable bonds is 2. The Morgan fingerprint density at radius 2 is 1.83 bits per heavy atom. The van der Waals surface area contributed by atoms with Gasteiger partial charge in [-0.2, -0.15) is 0 Å². The summed E-state index contributed by atoms with van der Waals surface area (Å²) in [6.07, 6.45) is 0.255. The summed E-state index contributed by atoms with van der Waals surface area (Å²) in [4.78, 5) is 0. The van der Waals surface area contributed by atoms with Gasteiger partial charge in [-0.1, -0.05) is 12.1 Å². The Bertz CT molecular complexity index is 264. The van der Waals surface area contributed by atoms with Crippen molar-refractivity contribution >= 4 is 0 Å². The van der Waals surface area contributed by atoms with Crippen molar-refractivity contribution in [2.24, 2.45) is 0 Å². The molecule has 1 nitrogen and oxygen atoms in total. The van der Waals surface area contributed by atoms with Gasteiger partial charge in [0.05, 0.1) is 6.10 Å². The van der Waals surface area contributed by atoms with E-state index in [2.05, 4.69) is 19.9 Å². The molecule has 0 saturated heterocycles. The van der Waals surface area contributed by atoms with Crippen LogP contribution in [-0.2, 0) is 0 Å². The van der Waals surface area contributed by atoms with E-state index in [0.29, 0.717) is 0 Å². The van der Waals surface area contributed by atoms with Crippen molar-refractivity contribution in [2.45, 2.75) is 33.8 Å². The van der Waals surface area contributed by atoms with Crippen LogP contribution in [0.25, 0.3) is 0 Å². The summed E-state index contributed by atoms with van der Waals surface area (Å²) in [5, 5.41) is 0. The third kappa shape index (κ3) is 2.00. The molecular formula is C11H16O. The van der Waals surface area contributed by atoms with Gasteiger partial charge in [-0.05, 0) is 44.9 Å². The monoisotopic (exact) mass is 164 g/mol. The van der Waals surface area contributed by atoms with Gasteiger partial charge < -0.3 is 4.74 Å². The predicted molar refractivity (Wildman–Crippen MR) is 51.7 cm³/mol. The highest BCUT2D eigenvalue weighted by Crippen LogP contribution is 2.21. The molecule has 0 radical (unpaired) electrons. The van der Waals surface area contributed by atoms with E-state index < -0.39 is 0 Å². The summed E-state index contributed by atoms with van der Waals surface area (Å²) in [5.74, 6) is 1.00. The van der Waals surface area contributed by atoms with Gasteiger partial charge in [0.15, 0.2) is 0 Å². The largest absolute Gasteiger partial charge is 0.491 e. The molecule has 0 bridgehead atoms. The van der Waals surface area contributed by atoms with E-state index in [0.717, 1.165) is 5.75 Å². The maximum Gasteiger partial charge on any atom is 0.122 e. The van der Waals surface area contributed by atoms with Crippen molar-refractivity contribution in [1.82, 2.24) is 0 Å². The van der Waals surface area contributed by atoms with Gasteiger partial charge in [0, 0.05) is 0 Å². The van der Waals surface area contributed by atoms with E-state index >= 15 is 0 Å². The minimum atomic E-state index is 0.255. The Hall–Kier alpha value is -0.980. The summed E-state index contributed by atoms with van der Waals surface area (Å²) < 4.78 is 5.63. The van der Waals surface area contributed by atoms with E-state index in [4.69, 9.17) is 4.74 Å². The molecule has 12 heavy (non-hydrogen) atoms. The molecule has 0 atom stereocenters. The fourth-order valence-electron chi connectivity index (χ4n) is 1.11. The highest BCUT2D eigenvalue weighted by atomic mass is 16.5. The van der Waals surface area contributed by atoms with Gasteiger partial charge in [-0.25, -0.2) is 0 Å². The van der Waals surface area contributed by atoms with Gasteiger partial charge in [-0.15, -0.1) is 0 Å². The van der Waals surface area contributed by atoms with Crippen molar-refractivity contribution in [2.75, 3.05) is 0 Å². The van der Waals surface area contributed by atoms with Crippen LogP contribution in [0.1, 0.15) is 25.0 Å². The molecule has 1 heteroatoms. The zero-order chi connectivity index (χ0) is 9.14. The van der Waals surface area contributed by atoms with Gasteiger partial charge >= 0.3 is 0 Å². The van der Waals surface area contributed by atoms with Gasteiger partial charge in [0.1, 0.15) is 5.75 Å². The maximum atomic E-state index is 5.63. The SMILES string of the molecule is Cc1cccc(OC(C)C)c1C. The van der Waals surface area contributed by atoms with Crippen molar-refractivity contribution in [3.63, 3.8) is 0 Å². The average Bonchev–Trinajstić information content (AvgIpc) is 1.98. The van der Waals surface area contributed by atoms with Gasteiger partial charge in [0.25, 0.3) is 0 Å². The number of hydrogen-bond donors (Lipinski definition) is 0. The molecule has 0 aliphatic carbocycles. The van der Waals surface area contributed by atoms with Crippen molar-refractivity contribution in [3.05, 3.63) is 29.3 Å². The molecule has 0 aliphatic rings. The van der Waals surface area contributed by atoms with Crippen LogP contribution in [0.5, 0.6) is 5.75 Å². The quantitative estimate of drug-likeness (QED) is 0.652. The van der Waals surface area contributed by atoms with Crippen molar-refractivity contribution < 1.29 is 4.74 Å². The molecule has 66 valence electrons. The third-order valence-electron chi connectivity index (χ3n) is 1.92. The van der Waals surface area contributed by atoms with Crippen LogP contribution >= 0.6 is 0 Å². The lowest BCUT2D eigenvalue weighted by molar-refractivity contribution is 0.240. The van der Waals surface area contributed by atoms with Gasteiger partial charge in [-0.3, -0.25) is 0 Å². The Balaban J connectivity index is 2.92. The summed E-state index contributed by atoms with van der Waals surface area (Å²) in [6.45, 7) is 8.28. The third-order valence-corrected chi connectivity index (χ3v) is 1.92. The van der Waals surface area contributed by atoms with Crippen molar-refractivity contribution in [1.29, 1.82) is 0 Å². The minimum absolute atomic E-state index is 0.255. The Labute approximate surface area is 74.4 Å². The molecule has 1 rings (SSSR count). The summed E-state index contributed by atoms with van der Waals surface area (Å²) in [7, 11) is 0. The fraction of sp³-hybridized carbons (Fsp3) is 0.455. The normalized spacial score (nSPS) is 10.4. The molecule has 0 N–H and O–H groups in total. The number of hydrogen-bond acceptors (Lipinski definition) is 1. The summed E-state index contributed by atoms with van der Waals surface area (Å²) >= 11 is 0. The molecule has 0 amide bonds. The van der Waals surface area contributed by atoms with Crippen LogP contribution in [0, 0.1) is 13.8 Å². The lowest BCUT2D eigenvalue weighted by Gasteiger charge is -2.13. The smallest absolute Gasteiger partial charge is 0.122 e. The standard InChI is InChI=1S/C11H16O/c1-8(2)12-11-7-5-6-9(3)10(11)4/h5-8H,1-4H3. The second-order valence-electron chi connectivity index (χ2n) is 3.36. The fourth-order valence-corrected chi connectivity index (χ4v) is 1.11. The lowest BCUT2D eigenvalue weighted by atomic mass is 10.1. The molecule has 0 fully saturated rings. The van der Waals surface area contributed by atoms with E-state index in [9.17, 15) is 0 Å². The molecule has 0 spiro atoms. The van der Waals surface area contributed by atoms with Crippen LogP contribution in [0.4, 0.5) is 0 Å². The predicted octanol–water partition coefficient (Wildman–Crippen LogP) is 3.09. The van der Waals surface area contributed by atoms with E-state index in [-0.39, 0.29) is 6.10 Å². The first kappa shape index (κ1) is 9.11. The Morgan fingerprint density at radius 3 is 2.42 bits per heavy atom. The summed E-state index contributed by atoms with van der Waals surface area (Å²) in [6, 6.07) is 6.14. The number of aryl methyl sites for hydroxylation is 1. The molecule has 0 saturated carbocycles. The Kier molecular flexibility index (Phi) is 2.74. The lowest BCUT2D eigenvalue weighted by Crippen LogP contribution is -2.06. The molecule has 1 aromatic rings. The second kappa shape index (κ2) is 3.61. The molecule has 0 heterocycles. The van der Waals surface area contributed by atoms with Gasteiger partial charge in [0.2, 0.25) is 0 Å². The number of benzene rings is 1. The summed E-state index contributed by atoms with van der Waals surface area (Å²) in [5.41, 5.74) is 2.53. The highest BCUT2D eigenvalue weighted by Gasteiger charge is 2.02. The van der Waals surface area contributed by atoms with E-state index in [1.54, 1.807) is 0 Å². The zero-order valence-corrected chi connectivity index (χ0v) is 8.22. The molecule has 1 aromatic carbocycles. The molecular weight excluding hydrogens is 148 g/mol. The number of ether oxygens (including phenoxy) is 1. The molecule has 0 aromatic heterocycles. The average molecular weight is 164 g/mol. The van der Waals surface area contributed by atoms with Crippen LogP contribution in [0.2, 0.25) is 0 Å². The van der Waals surface area contributed by atoms with E-state index in [1.165, 1.54) is 11.1 Å². The molecule has 0 aliphatic heterocycles. The van der Waals surface area contributed by atoms with Crippen LogP contribution in [-0.4, -0.2) is 6.10 Å². The first-order valence-electron chi connectivity index (χ1n) is 4.34. The first-order chi connectivity index (χ1) is 5.61. The van der Waals surface area contributed by atoms with Crippen molar-refractivity contribution in [3.8, 4) is 5.75 Å². The highest BCUT2D eigenvalue weighted by molar-refractivity contribution is 5.38. The Morgan fingerprint density at radius 1 is 1.17 bits per heavy atom. The van der Waals surface area contributed by atoms with E-state index in [1.807, 2.05) is 26.0 Å².